The van der Waals surface area contributed by atoms with Crippen LogP contribution in [-0.2, 0) is 32.7 Å². The maximum Gasteiger partial charge on any atom is 0.472 e. The predicted molar refractivity (Wildman–Crippen MR) is 168 cm³/mol. The van der Waals surface area contributed by atoms with Gasteiger partial charge in [0.2, 0.25) is 0 Å². The van der Waals surface area contributed by atoms with Gasteiger partial charge in [0, 0.05) is 12.8 Å². The molecule has 0 spiro atoms. The molecule has 0 saturated carbocycles. The van der Waals surface area contributed by atoms with Crippen LogP contribution in [0.15, 0.2) is 60.8 Å². The Morgan fingerprint density at radius 2 is 1.28 bits per heavy atom. The van der Waals surface area contributed by atoms with E-state index in [1.165, 1.54) is 19.3 Å². The molecule has 0 rings (SSSR count). The van der Waals surface area contributed by atoms with Gasteiger partial charge < -0.3 is 24.6 Å². The Kier molecular flexibility index (Phi) is 26.9. The lowest BCUT2D eigenvalue weighted by atomic mass is 10.1. The van der Waals surface area contributed by atoms with Crippen LogP contribution in [0.3, 0.4) is 0 Å². The van der Waals surface area contributed by atoms with Gasteiger partial charge >= 0.3 is 19.8 Å². The van der Waals surface area contributed by atoms with Crippen LogP contribution >= 0.6 is 7.82 Å². The van der Waals surface area contributed by atoms with Gasteiger partial charge in [-0.15, -0.1) is 0 Å². The number of aliphatic hydroxyl groups is 2. The molecule has 0 bridgehead atoms. The molecule has 11 heteroatoms. The minimum absolute atomic E-state index is 0.0858. The van der Waals surface area contributed by atoms with Gasteiger partial charge in [-0.05, 0) is 25.7 Å². The molecule has 3 N–H and O–H groups in total. The van der Waals surface area contributed by atoms with Crippen molar-refractivity contribution >= 4 is 19.8 Å². The van der Waals surface area contributed by atoms with E-state index in [4.69, 9.17) is 19.1 Å². The van der Waals surface area contributed by atoms with E-state index in [2.05, 4.69) is 24.4 Å². The lowest BCUT2D eigenvalue weighted by molar-refractivity contribution is -0.161. The first kappa shape index (κ1) is 40.7. The monoisotopic (exact) mass is 628 g/mol. The Labute approximate surface area is 257 Å². The van der Waals surface area contributed by atoms with Crippen LogP contribution in [0.1, 0.15) is 90.9 Å². The average molecular weight is 629 g/mol. The van der Waals surface area contributed by atoms with Crippen LogP contribution in [-0.4, -0.2) is 65.7 Å². The second-order valence-corrected chi connectivity index (χ2v) is 11.3. The van der Waals surface area contributed by atoms with E-state index in [-0.39, 0.29) is 19.4 Å². The smallest absolute Gasteiger partial charge is 0.462 e. The van der Waals surface area contributed by atoms with E-state index in [0.29, 0.717) is 19.3 Å². The van der Waals surface area contributed by atoms with Gasteiger partial charge in [0.05, 0.1) is 19.8 Å². The highest BCUT2D eigenvalue weighted by Gasteiger charge is 2.27. The summed E-state index contributed by atoms with van der Waals surface area (Å²) in [4.78, 5) is 34.4. The van der Waals surface area contributed by atoms with Crippen molar-refractivity contribution in [3.63, 3.8) is 0 Å². The van der Waals surface area contributed by atoms with Gasteiger partial charge in [0.15, 0.2) is 6.10 Å². The number of hydrogen-bond donors (Lipinski definition) is 3. The number of phosphoric ester groups is 1. The standard InChI is InChI=1S/C32H53O10P/c1-3-5-7-9-11-12-13-14-15-16-18-20-22-24-32(36)42-30(28-41-43(37,38)40-26-29(34)25-33)27-39-31(35)23-21-19-17-10-8-6-4-2/h5,7,9,11-16,18,29-30,33-34H,3-4,6,8,10,17,19-28H2,1-2H3,(H,37,38)/b7-5+,11-9+,13-12+,15-14+,18-16+/t29-,30?/m0/s1. The largest absolute Gasteiger partial charge is 0.472 e. The number of carbonyl (C=O) groups excluding carboxylic acids is 2. The molecule has 43 heavy (non-hydrogen) atoms. The summed E-state index contributed by atoms with van der Waals surface area (Å²) in [6, 6.07) is 0. The first-order chi connectivity index (χ1) is 20.7. The summed E-state index contributed by atoms with van der Waals surface area (Å²) in [5.41, 5.74) is 0. The molecule has 3 atom stereocenters. The molecule has 246 valence electrons. The van der Waals surface area contributed by atoms with Crippen molar-refractivity contribution in [3.8, 4) is 0 Å². The molecule has 0 aromatic carbocycles. The Bertz CT molecular complexity index is 910. The summed E-state index contributed by atoms with van der Waals surface area (Å²) in [5, 5.41) is 18.1. The van der Waals surface area contributed by atoms with Crippen LogP contribution in [0, 0.1) is 0 Å². The van der Waals surface area contributed by atoms with Crippen molar-refractivity contribution in [3.05, 3.63) is 60.8 Å². The van der Waals surface area contributed by atoms with Crippen molar-refractivity contribution in [1.29, 1.82) is 0 Å². The lowest BCUT2D eigenvalue weighted by Gasteiger charge is -2.20. The fourth-order valence-electron chi connectivity index (χ4n) is 3.43. The molecule has 10 nitrogen and oxygen atoms in total. The molecule has 0 amide bonds. The molecule has 0 fully saturated rings. The van der Waals surface area contributed by atoms with E-state index in [9.17, 15) is 24.2 Å². The van der Waals surface area contributed by atoms with Crippen LogP contribution in [0.2, 0.25) is 0 Å². The van der Waals surface area contributed by atoms with E-state index < -0.39 is 51.8 Å². The van der Waals surface area contributed by atoms with Crippen molar-refractivity contribution in [1.82, 2.24) is 0 Å². The third kappa shape index (κ3) is 28.2. The normalized spacial score (nSPS) is 15.2. The van der Waals surface area contributed by atoms with Crippen molar-refractivity contribution in [2.24, 2.45) is 0 Å². The van der Waals surface area contributed by atoms with E-state index in [1.54, 1.807) is 0 Å². The zero-order valence-corrected chi connectivity index (χ0v) is 26.8. The summed E-state index contributed by atoms with van der Waals surface area (Å²) in [6.07, 6.45) is 26.7. The zero-order chi connectivity index (χ0) is 32.0. The number of allylic oxidation sites excluding steroid dienone is 10. The molecule has 2 unspecified atom stereocenters. The number of ether oxygens (including phenoxy) is 2. The summed E-state index contributed by atoms with van der Waals surface area (Å²) in [7, 11) is -4.62. The second-order valence-electron chi connectivity index (χ2n) is 9.87. The highest BCUT2D eigenvalue weighted by atomic mass is 31.2. The lowest BCUT2D eigenvalue weighted by Crippen LogP contribution is -2.29. The molecule has 0 saturated heterocycles. The topological polar surface area (TPSA) is 149 Å². The van der Waals surface area contributed by atoms with Crippen LogP contribution in [0.5, 0.6) is 0 Å². The number of rotatable bonds is 27. The maximum atomic E-state index is 12.4. The summed E-state index contributed by atoms with van der Waals surface area (Å²) in [6.45, 7) is 2.03. The quantitative estimate of drug-likeness (QED) is 0.0402. The number of carbonyl (C=O) groups is 2. The number of esters is 2. The number of aliphatic hydroxyl groups excluding tert-OH is 2. The van der Waals surface area contributed by atoms with E-state index in [0.717, 1.165) is 25.7 Å². The zero-order valence-electron chi connectivity index (χ0n) is 25.9. The second kappa shape index (κ2) is 28.4. The fourth-order valence-corrected chi connectivity index (χ4v) is 4.22. The first-order valence-electron chi connectivity index (χ1n) is 15.3. The number of unbranched alkanes of at least 4 members (excludes halogenated alkanes) is 7. The Hall–Kier alpha value is -2.33. The Balaban J connectivity index is 4.66. The third-order valence-corrected chi connectivity index (χ3v) is 6.77. The molecule has 0 radical (unpaired) electrons. The van der Waals surface area contributed by atoms with Gasteiger partial charge in [0.25, 0.3) is 0 Å². The highest BCUT2D eigenvalue weighted by molar-refractivity contribution is 7.47. The average Bonchev–Trinajstić information content (AvgIpc) is 2.99. The van der Waals surface area contributed by atoms with Crippen LogP contribution in [0.25, 0.3) is 0 Å². The Morgan fingerprint density at radius 1 is 0.721 bits per heavy atom. The van der Waals surface area contributed by atoms with Gasteiger partial charge in [-0.25, -0.2) is 4.57 Å². The van der Waals surface area contributed by atoms with Gasteiger partial charge in [-0.3, -0.25) is 18.6 Å². The summed E-state index contributed by atoms with van der Waals surface area (Å²) >= 11 is 0. The SMILES string of the molecule is CC/C=C/C=C/C=C/C=C/C=C/CCCC(=O)OC(COC(=O)CCCCCCCCC)COP(=O)(O)OC[C@@H](O)CO. The van der Waals surface area contributed by atoms with Gasteiger partial charge in [0.1, 0.15) is 12.7 Å². The van der Waals surface area contributed by atoms with Crippen LogP contribution < -0.4 is 0 Å². The first-order valence-corrected chi connectivity index (χ1v) is 16.8. The summed E-state index contributed by atoms with van der Waals surface area (Å²) < 4.78 is 32.2. The van der Waals surface area contributed by atoms with Gasteiger partial charge in [-0.2, -0.15) is 0 Å². The number of phosphoric acid groups is 1. The fraction of sp³-hybridized carbons (Fsp3) is 0.625. The molecule has 0 aliphatic rings. The molecule has 0 aliphatic heterocycles. The van der Waals surface area contributed by atoms with Crippen molar-refractivity contribution < 1.29 is 47.8 Å². The molecule has 0 aromatic rings. The minimum Gasteiger partial charge on any atom is -0.462 e. The molecular formula is C32H53O10P. The van der Waals surface area contributed by atoms with E-state index in [1.807, 2.05) is 54.7 Å². The molecule has 0 aromatic heterocycles. The van der Waals surface area contributed by atoms with Crippen molar-refractivity contribution in [2.75, 3.05) is 26.4 Å². The molecule has 0 heterocycles. The molecule has 0 aliphatic carbocycles. The van der Waals surface area contributed by atoms with Gasteiger partial charge in [-0.1, -0.05) is 113 Å². The number of hydrogen-bond acceptors (Lipinski definition) is 9. The van der Waals surface area contributed by atoms with E-state index >= 15 is 0 Å². The predicted octanol–water partition coefficient (Wildman–Crippen LogP) is 6.43. The van der Waals surface area contributed by atoms with Crippen LogP contribution in [0.4, 0.5) is 0 Å². The Morgan fingerprint density at radius 3 is 1.91 bits per heavy atom. The maximum absolute atomic E-state index is 12.4. The molecular weight excluding hydrogens is 575 g/mol. The highest BCUT2D eigenvalue weighted by Crippen LogP contribution is 2.43. The summed E-state index contributed by atoms with van der Waals surface area (Å²) in [5.74, 6) is -1.03. The van der Waals surface area contributed by atoms with Crippen molar-refractivity contribution in [2.45, 2.75) is 103 Å². The minimum atomic E-state index is -4.62. The third-order valence-electron chi connectivity index (χ3n) is 5.81.